The van der Waals surface area contributed by atoms with Crippen LogP contribution < -0.4 is 0 Å². The maximum atomic E-state index is 2.47. The van der Waals surface area contributed by atoms with Crippen molar-refractivity contribution in [3.05, 3.63) is 123 Å². The van der Waals surface area contributed by atoms with Crippen molar-refractivity contribution >= 4 is 48.4 Å². The van der Waals surface area contributed by atoms with E-state index in [0.717, 1.165) is 0 Å². The third-order valence-corrected chi connectivity index (χ3v) is 31.9. The molecule has 0 heterocycles. The maximum Gasteiger partial charge on any atom is 3.00 e. The smallest absolute Gasteiger partial charge is 0.193 e. The zero-order valence-corrected chi connectivity index (χ0v) is 40.3. The van der Waals surface area contributed by atoms with E-state index >= 15 is 0 Å². The molecule has 46 heavy (non-hydrogen) atoms. The van der Waals surface area contributed by atoms with E-state index < -0.39 is 48.4 Å². The van der Waals surface area contributed by atoms with Crippen LogP contribution in [0.2, 0.25) is 118 Å². The summed E-state index contributed by atoms with van der Waals surface area (Å²) in [4.78, 5) is 0. The molecule has 0 bridgehead atoms. The second-order valence-corrected chi connectivity index (χ2v) is 50.2. The summed E-state index contributed by atoms with van der Waals surface area (Å²) >= 11 is 0. The number of hydrogen-bond acceptors (Lipinski definition) is 0. The molecule has 0 N–H and O–H groups in total. The van der Waals surface area contributed by atoms with E-state index in [0.29, 0.717) is 0 Å². The van der Waals surface area contributed by atoms with E-state index in [1.165, 1.54) is 16.7 Å². The molecule has 0 aromatic heterocycles. The molecule has 0 aliphatic carbocycles. The molecule has 3 aromatic rings. The first kappa shape index (κ1) is 45.1. The van der Waals surface area contributed by atoms with Crippen LogP contribution in [-0.2, 0) is 17.4 Å². The quantitative estimate of drug-likeness (QED) is 0.151. The van der Waals surface area contributed by atoms with Gasteiger partial charge in [-0.15, -0.1) is 36.4 Å². The van der Waals surface area contributed by atoms with Crippen LogP contribution in [0.4, 0.5) is 0 Å². The van der Waals surface area contributed by atoms with Crippen LogP contribution in [0.25, 0.3) is 0 Å². The van der Waals surface area contributed by atoms with Crippen molar-refractivity contribution in [1.29, 1.82) is 0 Å². The molecule has 0 fully saturated rings. The molecule has 1 radical (unpaired) electrons. The summed E-state index contributed by atoms with van der Waals surface area (Å²) in [6.07, 6.45) is 0. The Hall–Kier alpha value is -0.896. The van der Waals surface area contributed by atoms with Gasteiger partial charge in [-0.3, -0.25) is 0 Å². The zero-order valence-electron chi connectivity index (χ0n) is 33.1. The van der Waals surface area contributed by atoms with Gasteiger partial charge in [-0.1, -0.05) is 136 Å². The third kappa shape index (κ3) is 15.1. The predicted octanol–water partition coefficient (Wildman–Crippen LogP) is 13.1. The molecule has 0 atom stereocenters. The Kier molecular flexibility index (Phi) is 17.3. The van der Waals surface area contributed by atoms with Crippen molar-refractivity contribution in [2.45, 2.75) is 118 Å². The fraction of sp³-hybridized carbons (Fsp3) is 0.462. The summed E-state index contributed by atoms with van der Waals surface area (Å²) in [6.45, 7) is 44.4. The molecule has 0 saturated heterocycles. The summed E-state index contributed by atoms with van der Waals surface area (Å²) in [7, 11) is -7.11. The number of hydrogen-bond donors (Lipinski definition) is 0. The van der Waals surface area contributed by atoms with Gasteiger partial charge in [0.25, 0.3) is 0 Å². The third-order valence-electron chi connectivity index (χ3n) is 7.69. The van der Waals surface area contributed by atoms with Gasteiger partial charge in [-0.2, -0.15) is 68.6 Å². The summed E-state index contributed by atoms with van der Waals surface area (Å²) in [5, 5.41) is 5.40. The second-order valence-electron chi connectivity index (χ2n) is 18.7. The fourth-order valence-electron chi connectivity index (χ4n) is 7.79. The van der Waals surface area contributed by atoms with Crippen LogP contribution in [0, 0.1) is 15.5 Å². The van der Waals surface area contributed by atoms with Gasteiger partial charge in [-0.25, -0.2) is 0 Å². The van der Waals surface area contributed by atoms with Crippen molar-refractivity contribution in [3.8, 4) is 0 Å². The SMILES string of the molecule is C[Si](C)(C)[C-](c1ccccc1)[Si](C)(C)C.C[Si](C)(C)[C-](c1ccccc1)[Si](C)(C)C.C[Si](C)(C)[C-](c1ccccc1)[Si](C)(C)C.[Cr+3]. The molecule has 3 aromatic carbocycles. The van der Waals surface area contributed by atoms with Gasteiger partial charge in [-0.05, 0) is 0 Å². The van der Waals surface area contributed by atoms with Gasteiger partial charge in [0, 0.05) is 48.4 Å². The zero-order chi connectivity index (χ0) is 35.1. The van der Waals surface area contributed by atoms with Crippen molar-refractivity contribution in [2.24, 2.45) is 0 Å². The Morgan fingerprint density at radius 1 is 0.261 bits per heavy atom. The summed E-state index contributed by atoms with van der Waals surface area (Å²) < 4.78 is 0. The Balaban J connectivity index is 0.000000653. The second kappa shape index (κ2) is 17.7. The standard InChI is InChI=1S/3C13H23Si2.Cr/c3*1-14(2,3)13(15(4,5)6)12-10-8-7-9-11-12;/h3*7-11H,1-6H3;/q3*-1;+3. The summed E-state index contributed by atoms with van der Waals surface area (Å²) in [6, 6.07) is 33.0. The minimum atomic E-state index is -1.18. The van der Waals surface area contributed by atoms with Gasteiger partial charge < -0.3 is 0 Å². The number of rotatable bonds is 9. The first-order valence-electron chi connectivity index (χ1n) is 17.0. The van der Waals surface area contributed by atoms with E-state index in [-0.39, 0.29) is 17.4 Å². The van der Waals surface area contributed by atoms with Crippen LogP contribution in [0.5, 0.6) is 0 Å². The Morgan fingerprint density at radius 3 is 0.500 bits per heavy atom. The molecule has 255 valence electrons. The van der Waals surface area contributed by atoms with Gasteiger partial charge >= 0.3 is 17.4 Å². The van der Waals surface area contributed by atoms with Crippen LogP contribution >= 0.6 is 0 Å². The van der Waals surface area contributed by atoms with Crippen molar-refractivity contribution in [3.63, 3.8) is 0 Å². The van der Waals surface area contributed by atoms with Gasteiger partial charge in [0.1, 0.15) is 0 Å². The molecule has 3 rings (SSSR count). The molecule has 7 heteroatoms. The average Bonchev–Trinajstić information content (AvgIpc) is 2.81. The van der Waals surface area contributed by atoms with Crippen molar-refractivity contribution < 1.29 is 17.4 Å². The Morgan fingerprint density at radius 2 is 0.391 bits per heavy atom. The fourth-order valence-corrected chi connectivity index (χ4v) is 41.0. The number of benzene rings is 3. The monoisotopic (exact) mass is 757 g/mol. The first-order chi connectivity index (χ1) is 20.2. The van der Waals surface area contributed by atoms with E-state index in [1.807, 2.05) is 0 Å². The van der Waals surface area contributed by atoms with Crippen molar-refractivity contribution in [2.75, 3.05) is 0 Å². The molecular formula is C39H69CrSi6. The van der Waals surface area contributed by atoms with Crippen molar-refractivity contribution in [1.82, 2.24) is 0 Å². The molecule has 0 unspecified atom stereocenters. The van der Waals surface area contributed by atoms with Gasteiger partial charge in [0.15, 0.2) is 0 Å². The molecule has 0 saturated carbocycles. The maximum absolute atomic E-state index is 2.47. The van der Waals surface area contributed by atoms with E-state index in [2.05, 4.69) is 209 Å². The molecule has 0 amide bonds. The van der Waals surface area contributed by atoms with Gasteiger partial charge in [0.2, 0.25) is 0 Å². The first-order valence-corrected chi connectivity index (χ1v) is 38.0. The van der Waals surface area contributed by atoms with Gasteiger partial charge in [0.05, 0.1) is 0 Å². The molecule has 0 aliphatic heterocycles. The van der Waals surface area contributed by atoms with E-state index in [4.69, 9.17) is 0 Å². The largest absolute Gasteiger partial charge is 3.00 e. The van der Waals surface area contributed by atoms with Crippen LogP contribution in [-0.4, -0.2) is 48.4 Å². The average molecular weight is 758 g/mol. The summed E-state index contributed by atoms with van der Waals surface area (Å²) in [5.41, 5.74) is 4.49. The topological polar surface area (TPSA) is 0 Å². The molecule has 0 spiro atoms. The van der Waals surface area contributed by atoms with E-state index in [1.54, 1.807) is 15.5 Å². The van der Waals surface area contributed by atoms with Crippen LogP contribution in [0.3, 0.4) is 0 Å². The predicted molar refractivity (Wildman–Crippen MR) is 226 cm³/mol. The van der Waals surface area contributed by atoms with Crippen LogP contribution in [0.1, 0.15) is 16.7 Å². The van der Waals surface area contributed by atoms with Crippen LogP contribution in [0.15, 0.2) is 91.0 Å². The normalized spacial score (nSPS) is 12.4. The van der Waals surface area contributed by atoms with E-state index in [9.17, 15) is 0 Å². The molecular weight excluding hydrogens is 689 g/mol. The molecule has 0 nitrogen and oxygen atoms in total. The summed E-state index contributed by atoms with van der Waals surface area (Å²) in [5.74, 6) is 0. The minimum absolute atomic E-state index is 0. The molecule has 0 aliphatic rings. The minimum Gasteiger partial charge on any atom is -0.193 e. The Labute approximate surface area is 304 Å². The Bertz CT molecular complexity index is 1040.